The van der Waals surface area contributed by atoms with E-state index in [1.807, 2.05) is 18.2 Å². The predicted molar refractivity (Wildman–Crippen MR) is 79.9 cm³/mol. The van der Waals surface area contributed by atoms with Crippen LogP contribution < -0.4 is 5.32 Å². The van der Waals surface area contributed by atoms with Crippen molar-refractivity contribution >= 4 is 11.6 Å². The second-order valence-electron chi connectivity index (χ2n) is 5.17. The number of likely N-dealkylation sites (N-methyl/N-ethyl adjacent to an activating group) is 2. The Morgan fingerprint density at radius 1 is 1.53 bits per heavy atom. The van der Waals surface area contributed by atoms with Gasteiger partial charge in [-0.3, -0.25) is 0 Å². The summed E-state index contributed by atoms with van der Waals surface area (Å²) < 4.78 is 5.93. The number of benzene rings is 1. The van der Waals surface area contributed by atoms with Gasteiger partial charge in [0.1, 0.15) is 0 Å². The molecule has 0 radical (unpaired) electrons. The van der Waals surface area contributed by atoms with Crippen LogP contribution in [0.15, 0.2) is 24.3 Å². The highest BCUT2D eigenvalue weighted by Crippen LogP contribution is 2.16. The van der Waals surface area contributed by atoms with Gasteiger partial charge in [0.2, 0.25) is 0 Å². The van der Waals surface area contributed by atoms with Crippen LogP contribution in [-0.4, -0.2) is 50.3 Å². The molecular weight excluding hydrogens is 260 g/mol. The summed E-state index contributed by atoms with van der Waals surface area (Å²) in [4.78, 5) is 2.33. The van der Waals surface area contributed by atoms with E-state index in [0.717, 1.165) is 37.7 Å². The second-order valence-corrected chi connectivity index (χ2v) is 5.61. The van der Waals surface area contributed by atoms with Crippen molar-refractivity contribution in [3.63, 3.8) is 0 Å². The molecule has 1 heterocycles. The molecule has 0 aromatic heterocycles. The summed E-state index contributed by atoms with van der Waals surface area (Å²) in [6.45, 7) is 5.91. The molecule has 1 aromatic rings. The molecule has 1 fully saturated rings. The molecular formula is C15H23ClN2O. The predicted octanol–water partition coefficient (Wildman–Crippen LogP) is 2.19. The van der Waals surface area contributed by atoms with Gasteiger partial charge in [-0.15, -0.1) is 0 Å². The number of nitrogens with one attached hydrogen (secondary N) is 1. The first-order chi connectivity index (χ1) is 9.19. The highest BCUT2D eigenvalue weighted by Gasteiger charge is 2.26. The van der Waals surface area contributed by atoms with E-state index in [2.05, 4.69) is 30.3 Å². The summed E-state index contributed by atoms with van der Waals surface area (Å²) in [5, 5.41) is 4.35. The molecule has 1 aliphatic rings. The Labute approximate surface area is 120 Å². The maximum atomic E-state index is 6.05. The lowest BCUT2D eigenvalue weighted by molar-refractivity contribution is -0.0381. The molecule has 0 aliphatic carbocycles. The summed E-state index contributed by atoms with van der Waals surface area (Å²) in [7, 11) is 2.15. The fraction of sp³-hybridized carbons (Fsp3) is 0.600. The van der Waals surface area contributed by atoms with Crippen molar-refractivity contribution in [2.75, 3.05) is 33.3 Å². The van der Waals surface area contributed by atoms with E-state index in [-0.39, 0.29) is 6.10 Å². The number of hydrogen-bond acceptors (Lipinski definition) is 3. The highest BCUT2D eigenvalue weighted by atomic mass is 35.5. The topological polar surface area (TPSA) is 24.5 Å². The minimum Gasteiger partial charge on any atom is -0.374 e. The fourth-order valence-corrected chi connectivity index (χ4v) is 2.78. The molecule has 0 spiro atoms. The SMILES string of the molecule is CCNC(Cc1cccc(Cl)c1)C1CN(C)CCO1. The van der Waals surface area contributed by atoms with Crippen molar-refractivity contribution in [3.05, 3.63) is 34.9 Å². The third-order valence-electron chi connectivity index (χ3n) is 3.56. The van der Waals surface area contributed by atoms with Crippen LogP contribution in [0.2, 0.25) is 5.02 Å². The van der Waals surface area contributed by atoms with E-state index in [1.165, 1.54) is 5.56 Å². The van der Waals surface area contributed by atoms with Gasteiger partial charge < -0.3 is 15.0 Å². The molecule has 0 bridgehead atoms. The number of hydrogen-bond donors (Lipinski definition) is 1. The Bertz CT molecular complexity index is 399. The minimum atomic E-state index is 0.248. The summed E-state index contributed by atoms with van der Waals surface area (Å²) in [5.74, 6) is 0. The quantitative estimate of drug-likeness (QED) is 0.896. The average molecular weight is 283 g/mol. The lowest BCUT2D eigenvalue weighted by Crippen LogP contribution is -2.52. The summed E-state index contributed by atoms with van der Waals surface area (Å²) in [6, 6.07) is 8.43. The van der Waals surface area contributed by atoms with Crippen molar-refractivity contribution in [2.45, 2.75) is 25.5 Å². The van der Waals surface area contributed by atoms with Gasteiger partial charge in [0, 0.05) is 24.2 Å². The van der Waals surface area contributed by atoms with Gasteiger partial charge in [0.05, 0.1) is 12.7 Å². The molecule has 0 saturated carbocycles. The van der Waals surface area contributed by atoms with Gasteiger partial charge in [-0.2, -0.15) is 0 Å². The number of rotatable bonds is 5. The molecule has 1 saturated heterocycles. The van der Waals surface area contributed by atoms with Gasteiger partial charge >= 0.3 is 0 Å². The largest absolute Gasteiger partial charge is 0.374 e. The van der Waals surface area contributed by atoms with Gasteiger partial charge in [-0.25, -0.2) is 0 Å². The number of morpholine rings is 1. The van der Waals surface area contributed by atoms with E-state index >= 15 is 0 Å². The number of nitrogens with zero attached hydrogens (tertiary/aromatic N) is 1. The first-order valence-electron chi connectivity index (χ1n) is 6.97. The summed E-state index contributed by atoms with van der Waals surface area (Å²) in [5.41, 5.74) is 1.26. The van der Waals surface area contributed by atoms with Gasteiger partial charge in [0.15, 0.2) is 0 Å². The Balaban J connectivity index is 2.02. The van der Waals surface area contributed by atoms with Crippen LogP contribution in [0.4, 0.5) is 0 Å². The van der Waals surface area contributed by atoms with E-state index in [4.69, 9.17) is 16.3 Å². The van der Waals surface area contributed by atoms with E-state index < -0.39 is 0 Å². The molecule has 0 amide bonds. The Hall–Kier alpha value is -0.610. The van der Waals surface area contributed by atoms with Gasteiger partial charge in [-0.1, -0.05) is 30.7 Å². The smallest absolute Gasteiger partial charge is 0.0858 e. The first-order valence-corrected chi connectivity index (χ1v) is 7.35. The van der Waals surface area contributed by atoms with Crippen molar-refractivity contribution < 1.29 is 4.74 Å². The minimum absolute atomic E-state index is 0.248. The van der Waals surface area contributed by atoms with Crippen molar-refractivity contribution in [2.24, 2.45) is 0 Å². The van der Waals surface area contributed by atoms with Crippen LogP contribution in [-0.2, 0) is 11.2 Å². The highest BCUT2D eigenvalue weighted by molar-refractivity contribution is 6.30. The zero-order chi connectivity index (χ0) is 13.7. The molecule has 4 heteroatoms. The molecule has 2 rings (SSSR count). The van der Waals surface area contributed by atoms with Crippen LogP contribution in [0.5, 0.6) is 0 Å². The lowest BCUT2D eigenvalue weighted by atomic mass is 10.00. The van der Waals surface area contributed by atoms with Crippen LogP contribution in [0.3, 0.4) is 0 Å². The van der Waals surface area contributed by atoms with E-state index in [0.29, 0.717) is 6.04 Å². The Morgan fingerprint density at radius 3 is 3.05 bits per heavy atom. The Morgan fingerprint density at radius 2 is 2.37 bits per heavy atom. The van der Waals surface area contributed by atoms with Crippen LogP contribution in [0.1, 0.15) is 12.5 Å². The summed E-state index contributed by atoms with van der Waals surface area (Å²) >= 11 is 6.05. The number of halogens is 1. The third kappa shape index (κ3) is 4.46. The van der Waals surface area contributed by atoms with Crippen molar-refractivity contribution in [3.8, 4) is 0 Å². The van der Waals surface area contributed by atoms with Crippen molar-refractivity contribution in [1.29, 1.82) is 0 Å². The fourth-order valence-electron chi connectivity index (χ4n) is 2.57. The zero-order valence-electron chi connectivity index (χ0n) is 11.7. The maximum absolute atomic E-state index is 6.05. The molecule has 2 unspecified atom stereocenters. The van der Waals surface area contributed by atoms with Crippen LogP contribution in [0.25, 0.3) is 0 Å². The summed E-state index contributed by atoms with van der Waals surface area (Å²) in [6.07, 6.45) is 1.20. The lowest BCUT2D eigenvalue weighted by Gasteiger charge is -2.35. The maximum Gasteiger partial charge on any atom is 0.0858 e. The van der Waals surface area contributed by atoms with Gasteiger partial charge in [-0.05, 0) is 37.7 Å². The van der Waals surface area contributed by atoms with Gasteiger partial charge in [0.25, 0.3) is 0 Å². The van der Waals surface area contributed by atoms with Crippen molar-refractivity contribution in [1.82, 2.24) is 10.2 Å². The monoisotopic (exact) mass is 282 g/mol. The molecule has 1 aromatic carbocycles. The van der Waals surface area contributed by atoms with E-state index in [1.54, 1.807) is 0 Å². The standard InChI is InChI=1S/C15H23ClN2O/c1-3-17-14(15-11-18(2)7-8-19-15)10-12-5-4-6-13(16)9-12/h4-6,9,14-15,17H,3,7-8,10-11H2,1-2H3. The molecule has 2 atom stereocenters. The number of ether oxygens (including phenoxy) is 1. The molecule has 3 nitrogen and oxygen atoms in total. The normalized spacial score (nSPS) is 22.4. The molecule has 1 N–H and O–H groups in total. The van der Waals surface area contributed by atoms with Crippen LogP contribution in [0, 0.1) is 0 Å². The Kier molecular flexibility index (Phi) is 5.64. The second kappa shape index (κ2) is 7.25. The molecule has 106 valence electrons. The zero-order valence-corrected chi connectivity index (χ0v) is 12.5. The first kappa shape index (κ1) is 14.8. The molecule has 19 heavy (non-hydrogen) atoms. The third-order valence-corrected chi connectivity index (χ3v) is 3.79. The van der Waals surface area contributed by atoms with Crippen LogP contribution >= 0.6 is 11.6 Å². The molecule has 1 aliphatic heterocycles. The van der Waals surface area contributed by atoms with E-state index in [9.17, 15) is 0 Å². The average Bonchev–Trinajstić information content (AvgIpc) is 2.38.